The number of nitrogens with one attached hydrogen (secondary N) is 4. The number of rotatable bonds is 7. The monoisotopic (exact) mass is 715 g/mol. The van der Waals surface area contributed by atoms with E-state index in [-0.39, 0.29) is 64.2 Å². The van der Waals surface area contributed by atoms with Crippen LogP contribution in [0.3, 0.4) is 0 Å². The molecule has 3 aromatic heterocycles. The maximum atomic E-state index is 13.8. The molecule has 0 aliphatic carbocycles. The molecule has 0 spiro atoms. The smallest absolute Gasteiger partial charge is 0.435 e. The van der Waals surface area contributed by atoms with Crippen molar-refractivity contribution in [2.75, 3.05) is 39.3 Å². The maximum Gasteiger partial charge on any atom is 0.435 e. The van der Waals surface area contributed by atoms with Gasteiger partial charge in [-0.25, -0.2) is 4.98 Å². The zero-order valence-corrected chi connectivity index (χ0v) is 27.2. The third kappa shape index (κ3) is 8.28. The van der Waals surface area contributed by atoms with Gasteiger partial charge in [-0.2, -0.15) is 18.3 Å². The van der Waals surface area contributed by atoms with Crippen LogP contribution in [0.25, 0.3) is 22.6 Å². The SMILES string of the molecule is O=C(NCc1ccc(C(=O)N2CCN(C(=O)C3CCNCC3)CC2)c(Cl)c1)c1ncc(-c2c(C(F)(F)F)n[nH]c2-c2ccccn2)[nH]1.O=CO. The minimum Gasteiger partial charge on any atom is -0.483 e. The summed E-state index contributed by atoms with van der Waals surface area (Å²) in [6, 6.07) is 9.60. The van der Waals surface area contributed by atoms with E-state index in [0.717, 1.165) is 32.1 Å². The van der Waals surface area contributed by atoms with Crippen LogP contribution in [0, 0.1) is 5.92 Å². The molecule has 14 nitrogen and oxygen atoms in total. The lowest BCUT2D eigenvalue weighted by molar-refractivity contribution is -0.140. The highest BCUT2D eigenvalue weighted by atomic mass is 35.5. The Morgan fingerprint density at radius 1 is 1.04 bits per heavy atom. The Kier molecular flexibility index (Phi) is 11.5. The van der Waals surface area contributed by atoms with Gasteiger partial charge in [-0.05, 0) is 55.8 Å². The molecule has 5 heterocycles. The van der Waals surface area contributed by atoms with Gasteiger partial charge in [0.15, 0.2) is 11.5 Å². The highest BCUT2D eigenvalue weighted by molar-refractivity contribution is 6.33. The number of alkyl halides is 3. The van der Waals surface area contributed by atoms with Crippen molar-refractivity contribution in [3.05, 3.63) is 76.5 Å². The van der Waals surface area contributed by atoms with Crippen molar-refractivity contribution in [2.24, 2.45) is 5.92 Å². The van der Waals surface area contributed by atoms with Crippen LogP contribution in [-0.4, -0.2) is 104 Å². The van der Waals surface area contributed by atoms with E-state index in [9.17, 15) is 27.6 Å². The molecule has 18 heteroatoms. The number of piperidine rings is 1. The van der Waals surface area contributed by atoms with Gasteiger partial charge in [-0.15, -0.1) is 0 Å². The molecule has 2 saturated heterocycles. The lowest BCUT2D eigenvalue weighted by Crippen LogP contribution is -2.52. The number of pyridine rings is 1. The van der Waals surface area contributed by atoms with Gasteiger partial charge >= 0.3 is 6.18 Å². The molecule has 0 unspecified atom stereocenters. The first-order valence-corrected chi connectivity index (χ1v) is 15.9. The Morgan fingerprint density at radius 3 is 2.38 bits per heavy atom. The number of H-pyrrole nitrogens is 2. The summed E-state index contributed by atoms with van der Waals surface area (Å²) >= 11 is 6.48. The van der Waals surface area contributed by atoms with Gasteiger partial charge in [0.05, 0.1) is 39.4 Å². The molecule has 5 N–H and O–H groups in total. The third-order valence-electron chi connectivity index (χ3n) is 8.30. The molecule has 50 heavy (non-hydrogen) atoms. The van der Waals surface area contributed by atoms with Crippen LogP contribution in [0.15, 0.2) is 48.8 Å². The minimum absolute atomic E-state index is 0.0131. The van der Waals surface area contributed by atoms with E-state index in [1.807, 2.05) is 4.90 Å². The molecule has 0 atom stereocenters. The van der Waals surface area contributed by atoms with E-state index >= 15 is 0 Å². The fourth-order valence-electron chi connectivity index (χ4n) is 5.80. The number of carbonyl (C=O) groups is 4. The van der Waals surface area contributed by atoms with E-state index in [4.69, 9.17) is 21.5 Å². The molecule has 264 valence electrons. The van der Waals surface area contributed by atoms with E-state index in [1.54, 1.807) is 35.2 Å². The van der Waals surface area contributed by atoms with Crippen molar-refractivity contribution < 1.29 is 37.5 Å². The predicted molar refractivity (Wildman–Crippen MR) is 174 cm³/mol. The maximum absolute atomic E-state index is 13.8. The fraction of sp³-hybridized carbons (Fsp3) is 0.344. The molecule has 4 aromatic rings. The number of aromatic nitrogens is 5. The molecular weight excluding hydrogens is 683 g/mol. The number of piperazine rings is 1. The first-order valence-electron chi connectivity index (χ1n) is 15.6. The number of halogens is 4. The van der Waals surface area contributed by atoms with Crippen LogP contribution in [0.5, 0.6) is 0 Å². The number of hydrogen-bond acceptors (Lipinski definition) is 8. The third-order valence-corrected chi connectivity index (χ3v) is 8.61. The normalized spacial score (nSPS) is 15.2. The van der Waals surface area contributed by atoms with Gasteiger partial charge < -0.3 is 30.5 Å². The molecule has 0 saturated carbocycles. The molecule has 3 amide bonds. The topological polar surface area (TPSA) is 189 Å². The predicted octanol–water partition coefficient (Wildman–Crippen LogP) is 3.45. The highest BCUT2D eigenvalue weighted by Crippen LogP contribution is 2.40. The second-order valence-electron chi connectivity index (χ2n) is 11.4. The summed E-state index contributed by atoms with van der Waals surface area (Å²) < 4.78 is 41.4. The average molecular weight is 716 g/mol. The van der Waals surface area contributed by atoms with E-state index in [2.05, 4.69) is 35.8 Å². The molecular formula is C32H33ClF3N9O5. The Balaban J connectivity index is 0.00000156. The highest BCUT2D eigenvalue weighted by Gasteiger charge is 2.39. The lowest BCUT2D eigenvalue weighted by atomic mass is 9.96. The summed E-state index contributed by atoms with van der Waals surface area (Å²) in [4.78, 5) is 61.6. The summed E-state index contributed by atoms with van der Waals surface area (Å²) in [5.41, 5.74) is -0.412. The summed E-state index contributed by atoms with van der Waals surface area (Å²) in [5, 5.41) is 18.9. The van der Waals surface area contributed by atoms with Gasteiger partial charge in [0.1, 0.15) is 0 Å². The number of nitrogens with zero attached hydrogens (tertiary/aromatic N) is 5. The number of aromatic amines is 2. The van der Waals surface area contributed by atoms with Crippen molar-refractivity contribution in [3.8, 4) is 22.6 Å². The Bertz CT molecular complexity index is 1820. The molecule has 0 radical (unpaired) electrons. The van der Waals surface area contributed by atoms with Crippen LogP contribution in [0.2, 0.25) is 5.02 Å². The van der Waals surface area contributed by atoms with Crippen molar-refractivity contribution >= 4 is 35.8 Å². The minimum atomic E-state index is -4.78. The molecule has 2 aliphatic heterocycles. The number of amides is 3. The van der Waals surface area contributed by atoms with Crippen molar-refractivity contribution in [1.29, 1.82) is 0 Å². The van der Waals surface area contributed by atoms with Gasteiger partial charge in [0.25, 0.3) is 18.3 Å². The summed E-state index contributed by atoms with van der Waals surface area (Å²) in [6.07, 6.45) is -0.564. The quantitative estimate of drug-likeness (QED) is 0.179. The molecule has 0 bridgehead atoms. The molecule has 2 aliphatic rings. The Labute approximate surface area is 288 Å². The molecule has 1 aromatic carbocycles. The Hall–Kier alpha value is -5.29. The zero-order valence-electron chi connectivity index (χ0n) is 26.5. The van der Waals surface area contributed by atoms with Gasteiger partial charge in [-0.3, -0.25) is 29.3 Å². The number of imidazole rings is 1. The number of carbonyl (C=O) groups excluding carboxylic acids is 3. The van der Waals surface area contributed by atoms with Crippen LogP contribution in [0.4, 0.5) is 13.2 Å². The first kappa shape index (κ1) is 36.0. The van der Waals surface area contributed by atoms with E-state index in [0.29, 0.717) is 37.3 Å². The standard InChI is InChI=1S/C31H31ClF3N9O3.CH2O2/c32-21-15-18(4-5-20(21)30(47)44-13-11-43(12-14-44)29(46)19-6-9-36-10-7-19)16-39-28(45)27-38-17-23(40-27)24-25(22-3-1-2-8-37-22)41-42-26(24)31(33,34)35;2-1-3/h1-5,8,15,17,19,36H,6-7,9-14,16H2,(H,38,40)(H,39,45)(H,41,42);1H,(H,2,3). The van der Waals surface area contributed by atoms with E-state index < -0.39 is 17.8 Å². The summed E-state index contributed by atoms with van der Waals surface area (Å²) in [6.45, 7) is 3.18. The average Bonchev–Trinajstić information content (AvgIpc) is 3.80. The van der Waals surface area contributed by atoms with Gasteiger partial charge in [0, 0.05) is 44.8 Å². The van der Waals surface area contributed by atoms with Gasteiger partial charge in [0.2, 0.25) is 5.91 Å². The Morgan fingerprint density at radius 2 is 1.74 bits per heavy atom. The van der Waals surface area contributed by atoms with Gasteiger partial charge in [-0.1, -0.05) is 23.7 Å². The molecule has 2 fully saturated rings. The van der Waals surface area contributed by atoms with Crippen LogP contribution >= 0.6 is 11.6 Å². The zero-order chi connectivity index (χ0) is 35.8. The van der Waals surface area contributed by atoms with Crippen LogP contribution in [-0.2, 0) is 22.3 Å². The summed E-state index contributed by atoms with van der Waals surface area (Å²) in [5.74, 6) is -0.946. The first-order chi connectivity index (χ1) is 24.0. The molecule has 6 rings (SSSR count). The van der Waals surface area contributed by atoms with Crippen molar-refractivity contribution in [1.82, 2.24) is 45.6 Å². The van der Waals surface area contributed by atoms with Crippen molar-refractivity contribution in [2.45, 2.75) is 25.6 Å². The number of hydrogen-bond donors (Lipinski definition) is 5. The summed E-state index contributed by atoms with van der Waals surface area (Å²) in [7, 11) is 0. The largest absolute Gasteiger partial charge is 0.483 e. The second kappa shape index (κ2) is 15.9. The van der Waals surface area contributed by atoms with Crippen molar-refractivity contribution in [3.63, 3.8) is 0 Å². The second-order valence-corrected chi connectivity index (χ2v) is 11.8. The number of carboxylic acid groups (broad SMARTS) is 1. The van der Waals surface area contributed by atoms with Crippen LogP contribution < -0.4 is 10.6 Å². The van der Waals surface area contributed by atoms with Crippen LogP contribution in [0.1, 0.15) is 45.1 Å². The number of benzene rings is 1. The lowest BCUT2D eigenvalue weighted by Gasteiger charge is -2.37. The fourth-order valence-corrected chi connectivity index (χ4v) is 6.09. The van der Waals surface area contributed by atoms with E-state index in [1.165, 1.54) is 12.3 Å².